The third-order valence-electron chi connectivity index (χ3n) is 5.40. The fraction of sp³-hybridized carbons (Fsp3) is 0.550. The molecule has 8 nitrogen and oxygen atoms in total. The number of carboxylic acid groups (broad SMARTS) is 1. The summed E-state index contributed by atoms with van der Waals surface area (Å²) in [4.78, 5) is 33.7. The number of rotatable bonds is 8. The summed E-state index contributed by atoms with van der Waals surface area (Å²) in [5, 5.41) is 13.2. The van der Waals surface area contributed by atoms with Crippen molar-refractivity contribution >= 4 is 45.4 Å². The number of hydrogen-bond donors (Lipinski definition) is 2. The first-order valence-electron chi connectivity index (χ1n) is 9.91. The molecule has 0 amide bonds. The van der Waals surface area contributed by atoms with Gasteiger partial charge >= 0.3 is 5.97 Å². The number of aromatic nitrogens is 2. The van der Waals surface area contributed by atoms with E-state index in [0.717, 1.165) is 48.4 Å². The maximum absolute atomic E-state index is 12.8. The SMILES string of the molecule is CCN1CCC[C@H]1Cn1cc(C(=O)O)c(=O)c2cc(I)c(NCCN(C)C)nc21. The molecule has 0 spiro atoms. The minimum absolute atomic E-state index is 0.204. The number of pyridine rings is 2. The summed E-state index contributed by atoms with van der Waals surface area (Å²) in [5.74, 6) is -0.484. The summed E-state index contributed by atoms with van der Waals surface area (Å²) in [5.41, 5.74) is -0.145. The van der Waals surface area contributed by atoms with E-state index in [1.165, 1.54) is 6.20 Å². The van der Waals surface area contributed by atoms with Gasteiger partial charge in [-0.1, -0.05) is 6.92 Å². The van der Waals surface area contributed by atoms with Gasteiger partial charge in [0.1, 0.15) is 17.0 Å². The minimum atomic E-state index is -1.20. The number of aromatic carboxylic acids is 1. The lowest BCUT2D eigenvalue weighted by molar-refractivity contribution is 0.0694. The monoisotopic (exact) mass is 513 g/mol. The molecule has 1 aliphatic rings. The Morgan fingerprint density at radius 3 is 2.86 bits per heavy atom. The topological polar surface area (TPSA) is 90.7 Å². The van der Waals surface area contributed by atoms with Crippen molar-refractivity contribution in [2.45, 2.75) is 32.4 Å². The maximum atomic E-state index is 12.8. The number of likely N-dealkylation sites (tertiary alicyclic amines) is 1. The molecule has 1 fully saturated rings. The van der Waals surface area contributed by atoms with Crippen molar-refractivity contribution in [3.63, 3.8) is 0 Å². The van der Waals surface area contributed by atoms with E-state index in [2.05, 4.69) is 44.6 Å². The van der Waals surface area contributed by atoms with Gasteiger partial charge in [0.25, 0.3) is 0 Å². The zero-order valence-corrected chi connectivity index (χ0v) is 19.3. The van der Waals surface area contributed by atoms with Crippen LogP contribution in [-0.4, -0.2) is 76.7 Å². The molecule has 3 rings (SSSR count). The number of anilines is 1. The second kappa shape index (κ2) is 9.40. The van der Waals surface area contributed by atoms with Crippen LogP contribution >= 0.6 is 22.6 Å². The van der Waals surface area contributed by atoms with Gasteiger partial charge in [0.05, 0.1) is 8.96 Å². The standard InChI is InChI=1S/C20H28IN5O3/c1-4-25-8-5-6-13(25)11-26-12-15(20(28)29)17(27)14-10-16(21)18(23-19(14)26)22-7-9-24(2)3/h10,12-13H,4-9,11H2,1-3H3,(H,22,23)(H,28,29)/t13-/m0/s1. The number of nitrogens with zero attached hydrogens (tertiary/aromatic N) is 4. The van der Waals surface area contributed by atoms with Crippen LogP contribution in [0.5, 0.6) is 0 Å². The largest absolute Gasteiger partial charge is 0.477 e. The first kappa shape index (κ1) is 22.0. The number of hydrogen-bond acceptors (Lipinski definition) is 6. The van der Waals surface area contributed by atoms with Crippen molar-refractivity contribution in [2.24, 2.45) is 0 Å². The highest BCUT2D eigenvalue weighted by Gasteiger charge is 2.25. The Hall–Kier alpha value is -1.72. The molecule has 0 radical (unpaired) electrons. The molecule has 1 aliphatic heterocycles. The van der Waals surface area contributed by atoms with Gasteiger partial charge in [-0.25, -0.2) is 9.78 Å². The number of carbonyl (C=O) groups is 1. The zero-order valence-electron chi connectivity index (χ0n) is 17.1. The van der Waals surface area contributed by atoms with E-state index in [9.17, 15) is 14.7 Å². The molecule has 0 unspecified atom stereocenters. The molecule has 1 saturated heterocycles. The highest BCUT2D eigenvalue weighted by Crippen LogP contribution is 2.24. The second-order valence-electron chi connectivity index (χ2n) is 7.67. The van der Waals surface area contributed by atoms with Crippen molar-refractivity contribution in [1.82, 2.24) is 19.4 Å². The molecular weight excluding hydrogens is 485 g/mol. The molecule has 158 valence electrons. The summed E-state index contributed by atoms with van der Waals surface area (Å²) in [6, 6.07) is 2.07. The fourth-order valence-electron chi connectivity index (χ4n) is 3.84. The molecule has 0 aliphatic carbocycles. The number of fused-ring (bicyclic) bond motifs is 1. The van der Waals surface area contributed by atoms with Gasteiger partial charge in [0.15, 0.2) is 0 Å². The first-order valence-corrected chi connectivity index (χ1v) is 11.0. The van der Waals surface area contributed by atoms with Crippen molar-refractivity contribution < 1.29 is 9.90 Å². The van der Waals surface area contributed by atoms with E-state index in [1.807, 2.05) is 18.7 Å². The van der Waals surface area contributed by atoms with Crippen LogP contribution in [-0.2, 0) is 6.54 Å². The van der Waals surface area contributed by atoms with E-state index in [1.54, 1.807) is 6.07 Å². The van der Waals surface area contributed by atoms with Crippen LogP contribution in [0.3, 0.4) is 0 Å². The molecule has 0 saturated carbocycles. The third kappa shape index (κ3) is 4.89. The number of halogens is 1. The van der Waals surface area contributed by atoms with Crippen LogP contribution in [0.15, 0.2) is 17.1 Å². The van der Waals surface area contributed by atoms with E-state index >= 15 is 0 Å². The molecule has 3 heterocycles. The smallest absolute Gasteiger partial charge is 0.341 e. The average molecular weight is 513 g/mol. The number of carboxylic acids is 1. The normalized spacial score (nSPS) is 17.3. The molecule has 1 atom stereocenters. The van der Waals surface area contributed by atoms with Crippen molar-refractivity contribution in [1.29, 1.82) is 0 Å². The van der Waals surface area contributed by atoms with Crippen molar-refractivity contribution in [3.8, 4) is 0 Å². The maximum Gasteiger partial charge on any atom is 0.341 e. The summed E-state index contributed by atoms with van der Waals surface area (Å²) in [6.07, 6.45) is 3.65. The number of likely N-dealkylation sites (N-methyl/N-ethyl adjacent to an activating group) is 2. The number of nitrogens with one attached hydrogen (secondary N) is 1. The second-order valence-corrected chi connectivity index (χ2v) is 8.84. The molecule has 9 heteroatoms. The Morgan fingerprint density at radius 2 is 2.21 bits per heavy atom. The lowest BCUT2D eigenvalue weighted by Crippen LogP contribution is -2.33. The Balaban J connectivity index is 2.07. The predicted octanol–water partition coefficient (Wildman–Crippen LogP) is 2.16. The van der Waals surface area contributed by atoms with Crippen LogP contribution in [0.1, 0.15) is 30.1 Å². The van der Waals surface area contributed by atoms with Crippen LogP contribution < -0.4 is 10.7 Å². The minimum Gasteiger partial charge on any atom is -0.477 e. The van der Waals surface area contributed by atoms with Crippen LogP contribution in [0.4, 0.5) is 5.82 Å². The van der Waals surface area contributed by atoms with Gasteiger partial charge in [0.2, 0.25) is 5.43 Å². The lowest BCUT2D eigenvalue weighted by Gasteiger charge is -2.24. The summed E-state index contributed by atoms with van der Waals surface area (Å²) >= 11 is 2.14. The summed E-state index contributed by atoms with van der Waals surface area (Å²) < 4.78 is 2.66. The lowest BCUT2D eigenvalue weighted by atomic mass is 10.1. The Morgan fingerprint density at radius 1 is 1.45 bits per heavy atom. The highest BCUT2D eigenvalue weighted by molar-refractivity contribution is 14.1. The van der Waals surface area contributed by atoms with Crippen molar-refractivity contribution in [2.75, 3.05) is 45.6 Å². The van der Waals surface area contributed by atoms with Gasteiger partial charge in [-0.05, 0) is 68.7 Å². The molecule has 2 N–H and O–H groups in total. The van der Waals surface area contributed by atoms with E-state index < -0.39 is 11.4 Å². The van der Waals surface area contributed by atoms with Gasteiger partial charge in [-0.3, -0.25) is 9.69 Å². The van der Waals surface area contributed by atoms with Gasteiger partial charge < -0.3 is 19.9 Å². The van der Waals surface area contributed by atoms with E-state index in [-0.39, 0.29) is 5.56 Å². The molecule has 0 bridgehead atoms. The third-order valence-corrected chi connectivity index (χ3v) is 6.22. The highest BCUT2D eigenvalue weighted by atomic mass is 127. The molecule has 2 aromatic heterocycles. The Labute approximate surface area is 184 Å². The van der Waals surface area contributed by atoms with Gasteiger partial charge in [0, 0.05) is 31.9 Å². The van der Waals surface area contributed by atoms with Gasteiger partial charge in [-0.2, -0.15) is 0 Å². The van der Waals surface area contributed by atoms with E-state index in [0.29, 0.717) is 23.6 Å². The zero-order chi connectivity index (χ0) is 21.1. The predicted molar refractivity (Wildman–Crippen MR) is 123 cm³/mol. The van der Waals surface area contributed by atoms with E-state index in [4.69, 9.17) is 4.98 Å². The van der Waals surface area contributed by atoms with Crippen LogP contribution in [0, 0.1) is 3.57 Å². The Kier molecular flexibility index (Phi) is 7.12. The molecule has 2 aromatic rings. The molecule has 29 heavy (non-hydrogen) atoms. The quantitative estimate of drug-likeness (QED) is 0.523. The summed E-state index contributed by atoms with van der Waals surface area (Å²) in [7, 11) is 4.01. The Bertz CT molecular complexity index is 959. The summed E-state index contributed by atoms with van der Waals surface area (Å²) in [6.45, 7) is 6.35. The van der Waals surface area contributed by atoms with Crippen LogP contribution in [0.2, 0.25) is 0 Å². The fourth-order valence-corrected chi connectivity index (χ4v) is 4.47. The van der Waals surface area contributed by atoms with Gasteiger partial charge in [-0.15, -0.1) is 0 Å². The van der Waals surface area contributed by atoms with Crippen LogP contribution in [0.25, 0.3) is 11.0 Å². The average Bonchev–Trinajstić information content (AvgIpc) is 3.11. The first-order chi connectivity index (χ1) is 13.8. The molecule has 0 aromatic carbocycles. The van der Waals surface area contributed by atoms with Crippen molar-refractivity contribution in [3.05, 3.63) is 31.6 Å². The molecular formula is C20H28IN5O3.